The van der Waals surface area contributed by atoms with Crippen LogP contribution in [0.25, 0.3) is 0 Å². The highest BCUT2D eigenvalue weighted by atomic mass is 14.5. The van der Waals surface area contributed by atoms with Gasteiger partial charge in [-0.1, -0.05) is 40.7 Å². The van der Waals surface area contributed by atoms with E-state index in [0.29, 0.717) is 5.92 Å². The number of hydrogen-bond donors (Lipinski definition) is 1. The summed E-state index contributed by atoms with van der Waals surface area (Å²) in [6.07, 6.45) is 4.34. The number of rotatable bonds is 2. The third-order valence-electron chi connectivity index (χ3n) is 1.76. The van der Waals surface area contributed by atoms with Gasteiger partial charge in [-0.25, -0.2) is 0 Å². The molecular weight excluding hydrogens is 158 g/mol. The maximum Gasteiger partial charge on any atom is 0.00517 e. The number of nitrogens with two attached hydrogens (primary N) is 1. The van der Waals surface area contributed by atoms with Crippen LogP contribution in [0.1, 0.15) is 41.5 Å². The largest absolute Gasteiger partial charge is 0.402 e. The standard InChI is InChI=1S/C12H23N/c1-9(2)7-11(8-10(3)13)12(4,5)6/h7-9H,13H2,1-6H3/b10-8-,11-7+. The monoisotopic (exact) mass is 181 g/mol. The molecule has 0 aliphatic heterocycles. The van der Waals surface area contributed by atoms with Crippen molar-refractivity contribution in [2.75, 3.05) is 0 Å². The Labute approximate surface area is 82.7 Å². The first-order chi connectivity index (χ1) is 5.73. The van der Waals surface area contributed by atoms with Gasteiger partial charge in [0.2, 0.25) is 0 Å². The molecule has 0 saturated carbocycles. The van der Waals surface area contributed by atoms with Crippen LogP contribution in [0, 0.1) is 11.3 Å². The van der Waals surface area contributed by atoms with Crippen molar-refractivity contribution in [3.05, 3.63) is 23.4 Å². The van der Waals surface area contributed by atoms with Crippen molar-refractivity contribution >= 4 is 0 Å². The number of allylic oxidation sites excluding steroid dienone is 4. The zero-order valence-electron chi connectivity index (χ0n) is 9.81. The van der Waals surface area contributed by atoms with E-state index in [2.05, 4.69) is 46.8 Å². The lowest BCUT2D eigenvalue weighted by molar-refractivity contribution is 0.510. The maximum absolute atomic E-state index is 5.69. The van der Waals surface area contributed by atoms with Gasteiger partial charge in [-0.3, -0.25) is 0 Å². The predicted molar refractivity (Wildman–Crippen MR) is 60.3 cm³/mol. The first-order valence-corrected chi connectivity index (χ1v) is 4.89. The molecule has 0 rings (SSSR count). The lowest BCUT2D eigenvalue weighted by atomic mass is 9.84. The summed E-state index contributed by atoms with van der Waals surface area (Å²) < 4.78 is 0. The molecule has 0 aromatic carbocycles. The van der Waals surface area contributed by atoms with Gasteiger partial charge >= 0.3 is 0 Å². The van der Waals surface area contributed by atoms with Gasteiger partial charge in [0.15, 0.2) is 0 Å². The zero-order chi connectivity index (χ0) is 10.6. The Morgan fingerprint density at radius 2 is 1.69 bits per heavy atom. The highest BCUT2D eigenvalue weighted by Gasteiger charge is 2.14. The van der Waals surface area contributed by atoms with Crippen molar-refractivity contribution in [3.8, 4) is 0 Å². The molecule has 0 aliphatic carbocycles. The molecule has 0 aliphatic rings. The van der Waals surface area contributed by atoms with Crippen molar-refractivity contribution in [2.45, 2.75) is 41.5 Å². The van der Waals surface area contributed by atoms with Crippen molar-refractivity contribution in [3.63, 3.8) is 0 Å². The summed E-state index contributed by atoms with van der Waals surface area (Å²) in [7, 11) is 0. The van der Waals surface area contributed by atoms with Crippen LogP contribution in [-0.4, -0.2) is 0 Å². The van der Waals surface area contributed by atoms with Gasteiger partial charge in [0, 0.05) is 5.70 Å². The third kappa shape index (κ3) is 5.51. The normalized spacial score (nSPS) is 15.3. The molecule has 0 aromatic rings. The summed E-state index contributed by atoms with van der Waals surface area (Å²) in [6.45, 7) is 12.9. The van der Waals surface area contributed by atoms with Crippen LogP contribution in [0.2, 0.25) is 0 Å². The fourth-order valence-electron chi connectivity index (χ4n) is 1.12. The van der Waals surface area contributed by atoms with Gasteiger partial charge in [0.05, 0.1) is 0 Å². The summed E-state index contributed by atoms with van der Waals surface area (Å²) in [5, 5.41) is 0. The Morgan fingerprint density at radius 3 is 1.92 bits per heavy atom. The summed E-state index contributed by atoms with van der Waals surface area (Å²) in [4.78, 5) is 0. The molecule has 2 N–H and O–H groups in total. The molecule has 13 heavy (non-hydrogen) atoms. The van der Waals surface area contributed by atoms with E-state index >= 15 is 0 Å². The Hall–Kier alpha value is -0.720. The minimum atomic E-state index is 0.185. The van der Waals surface area contributed by atoms with Crippen LogP contribution in [0.4, 0.5) is 0 Å². The molecule has 0 unspecified atom stereocenters. The second-order valence-corrected chi connectivity index (χ2v) is 5.00. The average Bonchev–Trinajstić information content (AvgIpc) is 1.81. The zero-order valence-corrected chi connectivity index (χ0v) is 9.81. The lowest BCUT2D eigenvalue weighted by Gasteiger charge is -2.21. The molecule has 0 fully saturated rings. The fraction of sp³-hybridized carbons (Fsp3) is 0.667. The van der Waals surface area contributed by atoms with E-state index < -0.39 is 0 Å². The number of hydrogen-bond acceptors (Lipinski definition) is 1. The van der Waals surface area contributed by atoms with Crippen molar-refractivity contribution in [1.82, 2.24) is 0 Å². The average molecular weight is 181 g/mol. The summed E-state index contributed by atoms with van der Waals surface area (Å²) in [6, 6.07) is 0. The van der Waals surface area contributed by atoms with Crippen molar-refractivity contribution < 1.29 is 0 Å². The maximum atomic E-state index is 5.69. The van der Waals surface area contributed by atoms with Gasteiger partial charge in [0.25, 0.3) is 0 Å². The van der Waals surface area contributed by atoms with E-state index in [9.17, 15) is 0 Å². The molecule has 0 spiro atoms. The molecule has 76 valence electrons. The summed E-state index contributed by atoms with van der Waals surface area (Å²) >= 11 is 0. The highest BCUT2D eigenvalue weighted by molar-refractivity contribution is 5.27. The predicted octanol–water partition coefficient (Wildman–Crippen LogP) is 3.48. The second kappa shape index (κ2) is 4.50. The molecule has 0 atom stereocenters. The topological polar surface area (TPSA) is 26.0 Å². The molecule has 0 aromatic heterocycles. The quantitative estimate of drug-likeness (QED) is 0.648. The van der Waals surface area contributed by atoms with Crippen LogP contribution in [-0.2, 0) is 0 Å². The van der Waals surface area contributed by atoms with Crippen LogP contribution >= 0.6 is 0 Å². The minimum absolute atomic E-state index is 0.185. The third-order valence-corrected chi connectivity index (χ3v) is 1.76. The van der Waals surface area contributed by atoms with E-state index in [-0.39, 0.29) is 5.41 Å². The Bertz CT molecular complexity index is 210. The Kier molecular flexibility index (Phi) is 4.25. The first kappa shape index (κ1) is 12.3. The molecule has 0 radical (unpaired) electrons. The Balaban J connectivity index is 4.89. The van der Waals surface area contributed by atoms with Crippen LogP contribution in [0.3, 0.4) is 0 Å². The SMILES string of the molecule is C/C(N)=C/C(=C\C(C)C)C(C)(C)C. The van der Waals surface area contributed by atoms with Gasteiger partial charge < -0.3 is 5.73 Å². The van der Waals surface area contributed by atoms with Crippen molar-refractivity contribution in [1.29, 1.82) is 0 Å². The molecule has 0 saturated heterocycles. The van der Waals surface area contributed by atoms with E-state index in [4.69, 9.17) is 5.73 Å². The van der Waals surface area contributed by atoms with Gasteiger partial charge in [-0.2, -0.15) is 0 Å². The van der Waals surface area contributed by atoms with Crippen molar-refractivity contribution in [2.24, 2.45) is 17.1 Å². The van der Waals surface area contributed by atoms with Gasteiger partial charge in [-0.15, -0.1) is 0 Å². The summed E-state index contributed by atoms with van der Waals surface area (Å²) in [5.74, 6) is 0.574. The molecule has 1 heteroatoms. The highest BCUT2D eigenvalue weighted by Crippen LogP contribution is 2.27. The molecule has 1 nitrogen and oxygen atoms in total. The first-order valence-electron chi connectivity index (χ1n) is 4.89. The van der Waals surface area contributed by atoms with E-state index in [1.807, 2.05) is 6.92 Å². The van der Waals surface area contributed by atoms with Crippen LogP contribution in [0.15, 0.2) is 23.4 Å². The molecular formula is C12H23N. The molecule has 0 amide bonds. The van der Waals surface area contributed by atoms with E-state index in [1.165, 1.54) is 5.57 Å². The van der Waals surface area contributed by atoms with Gasteiger partial charge in [-0.05, 0) is 29.9 Å². The minimum Gasteiger partial charge on any atom is -0.402 e. The van der Waals surface area contributed by atoms with E-state index in [0.717, 1.165) is 5.70 Å². The summed E-state index contributed by atoms with van der Waals surface area (Å²) in [5.41, 5.74) is 8.07. The molecule has 0 bridgehead atoms. The van der Waals surface area contributed by atoms with Crippen LogP contribution < -0.4 is 5.73 Å². The lowest BCUT2D eigenvalue weighted by Crippen LogP contribution is -2.10. The van der Waals surface area contributed by atoms with Gasteiger partial charge in [0.1, 0.15) is 0 Å². The second-order valence-electron chi connectivity index (χ2n) is 5.00. The van der Waals surface area contributed by atoms with E-state index in [1.54, 1.807) is 0 Å². The molecule has 0 heterocycles. The Morgan fingerprint density at radius 1 is 1.23 bits per heavy atom. The fourth-order valence-corrected chi connectivity index (χ4v) is 1.12. The smallest absolute Gasteiger partial charge is 0.00517 e. The van der Waals surface area contributed by atoms with Crippen LogP contribution in [0.5, 0.6) is 0 Å².